The number of carbonyl (C=O) groups is 1. The molecule has 0 saturated heterocycles. The predicted molar refractivity (Wildman–Crippen MR) is 146 cm³/mol. The summed E-state index contributed by atoms with van der Waals surface area (Å²) in [5.74, 6) is -0.0841. The highest BCUT2D eigenvalue weighted by molar-refractivity contribution is 5.76. The molecule has 0 fully saturated rings. The molecule has 0 radical (unpaired) electrons. The molecule has 1 N–H and O–H groups in total. The van der Waals surface area contributed by atoms with Crippen molar-refractivity contribution in [2.24, 2.45) is 0 Å². The third-order valence-electron chi connectivity index (χ3n) is 4.51. The molecule has 0 saturated carbocycles. The van der Waals surface area contributed by atoms with Crippen LogP contribution in [0.2, 0.25) is 0 Å². The number of carbonyl (C=O) groups excluding carboxylic acids is 1. The van der Waals surface area contributed by atoms with Crippen molar-refractivity contribution in [3.63, 3.8) is 0 Å². The summed E-state index contributed by atoms with van der Waals surface area (Å²) in [7, 11) is 0. The number of rotatable bonds is 35. The van der Waals surface area contributed by atoms with Crippen LogP contribution < -0.4 is 0 Å². The van der Waals surface area contributed by atoms with Gasteiger partial charge in [-0.15, -0.1) is 6.58 Å². The Labute approximate surface area is 239 Å². The minimum atomic E-state index is -0.764. The molecule has 0 amide bonds. The molecule has 40 heavy (non-hydrogen) atoms. The van der Waals surface area contributed by atoms with Crippen molar-refractivity contribution in [3.05, 3.63) is 12.7 Å². The van der Waals surface area contributed by atoms with Crippen molar-refractivity contribution < 1.29 is 62.0 Å². The van der Waals surface area contributed by atoms with Gasteiger partial charge in [0.1, 0.15) is 12.7 Å². The smallest absolute Gasteiger partial charge is 0.155 e. The van der Waals surface area contributed by atoms with Gasteiger partial charge < -0.3 is 57.2 Å². The fourth-order valence-corrected chi connectivity index (χ4v) is 2.65. The summed E-state index contributed by atoms with van der Waals surface area (Å²) in [6.07, 6.45) is 0.941. The molecule has 0 aromatic rings. The van der Waals surface area contributed by atoms with Crippen LogP contribution in [0, 0.1) is 0 Å². The van der Waals surface area contributed by atoms with Gasteiger partial charge >= 0.3 is 0 Å². The molecule has 0 spiro atoms. The van der Waals surface area contributed by atoms with Gasteiger partial charge in [0.25, 0.3) is 0 Å². The molecule has 1 unspecified atom stereocenters. The number of hydrogen-bond donors (Lipinski definition) is 1. The molecular weight excluding hydrogens is 532 g/mol. The Balaban J connectivity index is 3.08. The molecule has 13 nitrogen and oxygen atoms in total. The molecule has 0 heterocycles. The lowest BCUT2D eigenvalue weighted by atomic mass is 10.4. The van der Waals surface area contributed by atoms with Crippen molar-refractivity contribution in [3.8, 4) is 0 Å². The van der Waals surface area contributed by atoms with E-state index in [1.54, 1.807) is 6.08 Å². The van der Waals surface area contributed by atoms with Crippen molar-refractivity contribution in [2.45, 2.75) is 13.0 Å². The van der Waals surface area contributed by atoms with E-state index in [4.69, 9.17) is 52.1 Å². The number of aliphatic hydroxyl groups excluding tert-OH is 1. The first-order valence-corrected chi connectivity index (χ1v) is 13.8. The van der Waals surface area contributed by atoms with Gasteiger partial charge in [-0.1, -0.05) is 6.08 Å². The van der Waals surface area contributed by atoms with Crippen LogP contribution >= 0.6 is 0 Å². The highest BCUT2D eigenvalue weighted by Gasteiger charge is 2.05. The minimum absolute atomic E-state index is 0.00349. The van der Waals surface area contributed by atoms with Crippen LogP contribution in [-0.4, -0.2) is 162 Å². The van der Waals surface area contributed by atoms with Gasteiger partial charge in [-0.25, -0.2) is 0 Å². The summed E-state index contributed by atoms with van der Waals surface area (Å²) in [6, 6.07) is 0. The number of aliphatic hydroxyl groups is 1. The molecule has 0 aromatic heterocycles. The summed E-state index contributed by atoms with van der Waals surface area (Å²) in [4.78, 5) is 10.7. The van der Waals surface area contributed by atoms with E-state index in [0.29, 0.717) is 126 Å². The van der Waals surface area contributed by atoms with Crippen molar-refractivity contribution >= 4 is 5.78 Å². The molecule has 13 heteroatoms. The number of Topliss-reactive ketones (excluding diaryl/α,β-unsaturated/α-hetero) is 1. The van der Waals surface area contributed by atoms with Crippen LogP contribution in [0.5, 0.6) is 0 Å². The third-order valence-corrected chi connectivity index (χ3v) is 4.51. The summed E-state index contributed by atoms with van der Waals surface area (Å²) in [6.45, 7) is 14.5. The normalized spacial score (nSPS) is 12.2. The lowest BCUT2D eigenvalue weighted by Crippen LogP contribution is -2.24. The van der Waals surface area contributed by atoms with E-state index >= 15 is 0 Å². The Morgan fingerprint density at radius 3 is 1.10 bits per heavy atom. The number of hydrogen-bond acceptors (Lipinski definition) is 13. The van der Waals surface area contributed by atoms with E-state index in [-0.39, 0.29) is 25.6 Å². The zero-order valence-corrected chi connectivity index (χ0v) is 24.3. The van der Waals surface area contributed by atoms with Gasteiger partial charge in [0.05, 0.1) is 139 Å². The highest BCUT2D eigenvalue weighted by Crippen LogP contribution is 1.90. The van der Waals surface area contributed by atoms with Crippen molar-refractivity contribution in [1.82, 2.24) is 0 Å². The van der Waals surface area contributed by atoms with Crippen molar-refractivity contribution in [1.29, 1.82) is 0 Å². The van der Waals surface area contributed by atoms with Gasteiger partial charge in [0, 0.05) is 0 Å². The van der Waals surface area contributed by atoms with E-state index in [2.05, 4.69) is 6.58 Å². The molecule has 0 aromatic carbocycles. The largest absolute Gasteiger partial charge is 0.388 e. The molecule has 0 rings (SSSR count). The molecule has 238 valence electrons. The maximum absolute atomic E-state index is 10.7. The summed E-state index contributed by atoms with van der Waals surface area (Å²) < 4.78 is 58.8. The first-order valence-electron chi connectivity index (χ1n) is 13.8. The fourth-order valence-electron chi connectivity index (χ4n) is 2.65. The van der Waals surface area contributed by atoms with Gasteiger partial charge in [-0.3, -0.25) is 4.79 Å². The Hall–Kier alpha value is -1.07. The zero-order valence-electron chi connectivity index (χ0n) is 24.3. The highest BCUT2D eigenvalue weighted by atomic mass is 16.6. The van der Waals surface area contributed by atoms with Crippen LogP contribution in [0.25, 0.3) is 0 Å². The fraction of sp³-hybridized carbons (Fsp3) is 0.889. The molecule has 0 aliphatic heterocycles. The lowest BCUT2D eigenvalue weighted by molar-refractivity contribution is -0.123. The molecule has 0 bridgehead atoms. The van der Waals surface area contributed by atoms with Gasteiger partial charge in [-0.2, -0.15) is 0 Å². The van der Waals surface area contributed by atoms with E-state index in [1.165, 1.54) is 6.92 Å². The van der Waals surface area contributed by atoms with Crippen molar-refractivity contribution in [2.75, 3.05) is 145 Å². The maximum Gasteiger partial charge on any atom is 0.155 e. The second kappa shape index (κ2) is 34.1. The Morgan fingerprint density at radius 2 is 0.800 bits per heavy atom. The predicted octanol–water partition coefficient (Wildman–Crippen LogP) is 0.305. The third kappa shape index (κ3) is 35.0. The average Bonchev–Trinajstić information content (AvgIpc) is 2.94. The molecule has 1 atom stereocenters. The average molecular weight is 585 g/mol. The first kappa shape index (κ1) is 38.9. The molecule has 0 aliphatic rings. The molecule has 0 aliphatic carbocycles. The van der Waals surface area contributed by atoms with E-state index < -0.39 is 6.10 Å². The summed E-state index contributed by atoms with van der Waals surface area (Å²) >= 11 is 0. The topological polar surface area (TPSA) is 139 Å². The Morgan fingerprint density at radius 1 is 0.525 bits per heavy atom. The number of ether oxygens (including phenoxy) is 11. The number of ketones is 1. The standard InChI is InChI=1S/C27H52O13/c1-3-4-30-5-6-31-7-8-32-9-10-33-11-12-34-13-14-35-15-16-36-17-18-37-19-20-38-21-22-39-24-27(29)25-40-23-26(2)28/h3,27,29H,1,4-25H2,2H3. The van der Waals surface area contributed by atoms with E-state index in [0.717, 1.165) is 0 Å². The lowest BCUT2D eigenvalue weighted by Gasteiger charge is -2.11. The van der Waals surface area contributed by atoms with E-state index in [1.807, 2.05) is 0 Å². The summed E-state index contributed by atoms with van der Waals surface area (Å²) in [5.41, 5.74) is 0. The monoisotopic (exact) mass is 584 g/mol. The van der Waals surface area contributed by atoms with Gasteiger partial charge in [-0.05, 0) is 6.92 Å². The van der Waals surface area contributed by atoms with E-state index in [9.17, 15) is 9.90 Å². The summed E-state index contributed by atoms with van der Waals surface area (Å²) in [5, 5.41) is 9.61. The van der Waals surface area contributed by atoms with Gasteiger partial charge in [0.2, 0.25) is 0 Å². The molecular formula is C27H52O13. The van der Waals surface area contributed by atoms with Crippen LogP contribution in [0.1, 0.15) is 6.92 Å². The Bertz CT molecular complexity index is 525. The quantitative estimate of drug-likeness (QED) is 0.0808. The van der Waals surface area contributed by atoms with Crippen LogP contribution in [0.3, 0.4) is 0 Å². The van der Waals surface area contributed by atoms with Crippen LogP contribution in [0.4, 0.5) is 0 Å². The SMILES string of the molecule is C=CCOCCOCCOCCOCCOCCOCCOCCOCCOCCOCC(O)COCC(C)=O. The van der Waals surface area contributed by atoms with Crippen LogP contribution in [0.15, 0.2) is 12.7 Å². The van der Waals surface area contributed by atoms with Crippen LogP contribution in [-0.2, 0) is 56.9 Å². The first-order chi connectivity index (χ1) is 19.7. The van der Waals surface area contributed by atoms with Gasteiger partial charge in [0.15, 0.2) is 5.78 Å². The maximum atomic E-state index is 10.7. The second-order valence-corrected chi connectivity index (χ2v) is 8.21. The minimum Gasteiger partial charge on any atom is -0.388 e. The zero-order chi connectivity index (χ0) is 29.2. The second-order valence-electron chi connectivity index (χ2n) is 8.21. The Kier molecular flexibility index (Phi) is 33.2.